The molecule has 2 heterocycles. The van der Waals surface area contributed by atoms with E-state index in [0.29, 0.717) is 0 Å². The number of benzene rings is 1. The van der Waals surface area contributed by atoms with Crippen LogP contribution >= 0.6 is 54.5 Å². The molecule has 0 aliphatic carbocycles. The Morgan fingerprint density at radius 1 is 1.10 bits per heavy atom. The van der Waals surface area contributed by atoms with Crippen LogP contribution < -0.4 is 5.32 Å². The largest absolute Gasteiger partial charge is 0.309 e. The molecule has 0 amide bonds. The van der Waals surface area contributed by atoms with Crippen molar-refractivity contribution in [1.82, 2.24) is 5.32 Å². The Morgan fingerprint density at radius 2 is 1.90 bits per heavy atom. The van der Waals surface area contributed by atoms with E-state index < -0.39 is 0 Å². The van der Waals surface area contributed by atoms with Crippen molar-refractivity contribution >= 4 is 63.9 Å². The predicted octanol–water partition coefficient (Wildman–Crippen LogP) is 6.11. The number of thiophene rings is 2. The standard InChI is InChI=1S/C15H13Br2NS2/c1-8-5-11(17)9(6-10(8)16)15(18-2)14-7-13-12(20-14)3-4-19-13/h3-7,15,18H,1-2H3. The molecule has 1 unspecified atom stereocenters. The van der Waals surface area contributed by atoms with Crippen LogP contribution in [0.2, 0.25) is 0 Å². The van der Waals surface area contributed by atoms with Gasteiger partial charge in [0.15, 0.2) is 0 Å². The van der Waals surface area contributed by atoms with Crippen molar-refractivity contribution in [2.45, 2.75) is 13.0 Å². The third-order valence-corrected chi connectivity index (χ3v) is 7.02. The maximum atomic E-state index is 3.70. The molecule has 1 N–H and O–H groups in total. The first-order valence-corrected chi connectivity index (χ1v) is 9.48. The first kappa shape index (κ1) is 14.7. The molecule has 20 heavy (non-hydrogen) atoms. The van der Waals surface area contributed by atoms with Crippen LogP contribution in [0.15, 0.2) is 38.6 Å². The third-order valence-electron chi connectivity index (χ3n) is 3.32. The van der Waals surface area contributed by atoms with E-state index in [2.05, 4.69) is 73.7 Å². The van der Waals surface area contributed by atoms with E-state index in [-0.39, 0.29) is 6.04 Å². The van der Waals surface area contributed by atoms with Gasteiger partial charge >= 0.3 is 0 Å². The molecule has 0 bridgehead atoms. The van der Waals surface area contributed by atoms with Crippen molar-refractivity contribution in [3.8, 4) is 0 Å². The zero-order valence-corrected chi connectivity index (χ0v) is 15.8. The summed E-state index contributed by atoms with van der Waals surface area (Å²) < 4.78 is 5.03. The number of hydrogen-bond donors (Lipinski definition) is 1. The fourth-order valence-corrected chi connectivity index (χ4v) is 5.56. The second kappa shape index (κ2) is 5.89. The first-order valence-electron chi connectivity index (χ1n) is 6.20. The molecule has 0 aliphatic heterocycles. The van der Waals surface area contributed by atoms with Gasteiger partial charge in [-0.05, 0) is 54.7 Å². The molecule has 5 heteroatoms. The van der Waals surface area contributed by atoms with Crippen LogP contribution in [-0.2, 0) is 0 Å². The van der Waals surface area contributed by atoms with Crippen LogP contribution in [0, 0.1) is 6.92 Å². The van der Waals surface area contributed by atoms with Crippen molar-refractivity contribution in [3.05, 3.63) is 54.6 Å². The number of fused-ring (bicyclic) bond motifs is 1. The Labute approximate surface area is 143 Å². The molecule has 0 saturated heterocycles. The van der Waals surface area contributed by atoms with Gasteiger partial charge in [-0.1, -0.05) is 31.9 Å². The van der Waals surface area contributed by atoms with E-state index in [9.17, 15) is 0 Å². The molecule has 1 atom stereocenters. The molecule has 3 aromatic rings. The molecule has 104 valence electrons. The zero-order chi connectivity index (χ0) is 14.3. The zero-order valence-electron chi connectivity index (χ0n) is 11.0. The lowest BCUT2D eigenvalue weighted by atomic mass is 10.0. The van der Waals surface area contributed by atoms with E-state index in [1.807, 2.05) is 18.4 Å². The predicted molar refractivity (Wildman–Crippen MR) is 97.2 cm³/mol. The third kappa shape index (κ3) is 2.62. The van der Waals surface area contributed by atoms with Crippen LogP contribution in [-0.4, -0.2) is 7.05 Å². The molecule has 1 nitrogen and oxygen atoms in total. The monoisotopic (exact) mass is 429 g/mol. The van der Waals surface area contributed by atoms with Gasteiger partial charge in [0, 0.05) is 23.2 Å². The lowest BCUT2D eigenvalue weighted by Crippen LogP contribution is -2.17. The van der Waals surface area contributed by atoms with Gasteiger partial charge in [-0.25, -0.2) is 0 Å². The summed E-state index contributed by atoms with van der Waals surface area (Å²) in [4.78, 5) is 1.35. The smallest absolute Gasteiger partial charge is 0.0680 e. The van der Waals surface area contributed by atoms with Gasteiger partial charge in [-0.3, -0.25) is 0 Å². The number of nitrogens with one attached hydrogen (secondary N) is 1. The Morgan fingerprint density at radius 3 is 2.60 bits per heavy atom. The molecular formula is C15H13Br2NS2. The summed E-state index contributed by atoms with van der Waals surface area (Å²) in [5.41, 5.74) is 2.50. The average Bonchev–Trinajstić information content (AvgIpc) is 2.97. The minimum Gasteiger partial charge on any atom is -0.309 e. The second-order valence-electron chi connectivity index (χ2n) is 4.64. The second-order valence-corrected chi connectivity index (χ2v) is 8.41. The normalized spacial score (nSPS) is 13.0. The highest BCUT2D eigenvalue weighted by Gasteiger charge is 2.19. The Kier molecular flexibility index (Phi) is 4.34. The van der Waals surface area contributed by atoms with E-state index >= 15 is 0 Å². The van der Waals surface area contributed by atoms with Gasteiger partial charge in [0.05, 0.1) is 6.04 Å². The van der Waals surface area contributed by atoms with Gasteiger partial charge in [0.2, 0.25) is 0 Å². The van der Waals surface area contributed by atoms with Crippen LogP contribution in [0.3, 0.4) is 0 Å². The van der Waals surface area contributed by atoms with Crippen molar-refractivity contribution in [2.75, 3.05) is 7.05 Å². The van der Waals surface area contributed by atoms with Crippen molar-refractivity contribution in [2.24, 2.45) is 0 Å². The summed E-state index contributed by atoms with van der Waals surface area (Å²) in [7, 11) is 2.01. The molecule has 0 saturated carbocycles. The van der Waals surface area contributed by atoms with E-state index in [1.165, 1.54) is 25.4 Å². The Balaban J connectivity index is 2.09. The van der Waals surface area contributed by atoms with Gasteiger partial charge in [-0.15, -0.1) is 22.7 Å². The molecule has 1 aromatic carbocycles. The quantitative estimate of drug-likeness (QED) is 0.528. The molecule has 0 fully saturated rings. The van der Waals surface area contributed by atoms with Crippen LogP contribution in [0.4, 0.5) is 0 Å². The molecule has 2 aromatic heterocycles. The van der Waals surface area contributed by atoms with E-state index in [0.717, 1.165) is 8.95 Å². The fourth-order valence-electron chi connectivity index (χ4n) is 2.26. The number of halogens is 2. The summed E-state index contributed by atoms with van der Waals surface area (Å²) >= 11 is 11.0. The summed E-state index contributed by atoms with van der Waals surface area (Å²) in [5, 5.41) is 5.59. The maximum absolute atomic E-state index is 3.70. The van der Waals surface area contributed by atoms with E-state index in [1.54, 1.807) is 11.3 Å². The minimum atomic E-state index is 0.214. The van der Waals surface area contributed by atoms with Crippen molar-refractivity contribution in [3.63, 3.8) is 0 Å². The van der Waals surface area contributed by atoms with Crippen molar-refractivity contribution < 1.29 is 0 Å². The summed E-state index contributed by atoms with van der Waals surface area (Å²) in [6, 6.07) is 9.08. The van der Waals surface area contributed by atoms with Gasteiger partial charge < -0.3 is 5.32 Å². The lowest BCUT2D eigenvalue weighted by molar-refractivity contribution is 0.700. The summed E-state index contributed by atoms with van der Waals surface area (Å²) in [6.45, 7) is 2.11. The first-order chi connectivity index (χ1) is 9.60. The lowest BCUT2D eigenvalue weighted by Gasteiger charge is -2.18. The van der Waals surface area contributed by atoms with Crippen molar-refractivity contribution in [1.29, 1.82) is 0 Å². The molecule has 3 rings (SSSR count). The minimum absolute atomic E-state index is 0.214. The molecule has 0 aliphatic rings. The SMILES string of the molecule is CNC(c1cc2sccc2s1)c1cc(Br)c(C)cc1Br. The summed E-state index contributed by atoms with van der Waals surface area (Å²) in [6.07, 6.45) is 0. The van der Waals surface area contributed by atoms with E-state index in [4.69, 9.17) is 0 Å². The maximum Gasteiger partial charge on any atom is 0.0680 e. The highest BCUT2D eigenvalue weighted by molar-refractivity contribution is 9.11. The highest BCUT2D eigenvalue weighted by atomic mass is 79.9. The van der Waals surface area contributed by atoms with Gasteiger partial charge in [0.25, 0.3) is 0 Å². The fraction of sp³-hybridized carbons (Fsp3) is 0.200. The molecular weight excluding hydrogens is 418 g/mol. The Hall–Kier alpha value is -0.200. The number of aryl methyl sites for hydroxylation is 1. The Bertz CT molecular complexity index is 732. The number of hydrogen-bond acceptors (Lipinski definition) is 3. The molecule has 0 radical (unpaired) electrons. The van der Waals surface area contributed by atoms with Gasteiger partial charge in [0.1, 0.15) is 0 Å². The number of rotatable bonds is 3. The summed E-state index contributed by atoms with van der Waals surface area (Å²) in [5.74, 6) is 0. The molecule has 0 spiro atoms. The topological polar surface area (TPSA) is 12.0 Å². The van der Waals surface area contributed by atoms with Crippen LogP contribution in [0.1, 0.15) is 22.0 Å². The average molecular weight is 431 g/mol. The highest BCUT2D eigenvalue weighted by Crippen LogP contribution is 2.39. The van der Waals surface area contributed by atoms with Crippen LogP contribution in [0.5, 0.6) is 0 Å². The van der Waals surface area contributed by atoms with Crippen LogP contribution in [0.25, 0.3) is 9.40 Å². The van der Waals surface area contributed by atoms with Gasteiger partial charge in [-0.2, -0.15) is 0 Å².